The van der Waals surface area contributed by atoms with Crippen LogP contribution in [0.5, 0.6) is 0 Å². The minimum atomic E-state index is -2.98. The van der Waals surface area contributed by atoms with Crippen molar-refractivity contribution in [3.8, 4) is 0 Å². The quantitative estimate of drug-likeness (QED) is 0.529. The summed E-state index contributed by atoms with van der Waals surface area (Å²) in [5.74, 6) is 0. The molecule has 1 amide bonds. The van der Waals surface area contributed by atoms with Crippen molar-refractivity contribution in [3.05, 3.63) is 0 Å². The average Bonchev–Trinajstić information content (AvgIpc) is 2.25. The molecule has 0 radical (unpaired) electrons. The summed E-state index contributed by atoms with van der Waals surface area (Å²) in [6, 6.07) is 0. The predicted octanol–water partition coefficient (Wildman–Crippen LogP) is 2.00. The van der Waals surface area contributed by atoms with Crippen molar-refractivity contribution in [2.45, 2.75) is 20.3 Å². The van der Waals surface area contributed by atoms with Gasteiger partial charge < -0.3 is 19.1 Å². The Balaban J connectivity index is 3.85. The number of amides is 1. The Labute approximate surface area is 96.2 Å². The van der Waals surface area contributed by atoms with Gasteiger partial charge in [0.1, 0.15) is 0 Å². The molecule has 0 bridgehead atoms. The van der Waals surface area contributed by atoms with Crippen LogP contribution >= 0.6 is 7.60 Å². The largest absolute Gasteiger partial charge is 0.453 e. The van der Waals surface area contributed by atoms with Gasteiger partial charge in [-0.25, -0.2) is 4.79 Å². The molecule has 0 saturated heterocycles. The van der Waals surface area contributed by atoms with Crippen molar-refractivity contribution >= 4 is 13.7 Å². The number of alkyl carbamates (subject to hydrolysis) is 1. The second-order valence-corrected chi connectivity index (χ2v) is 5.13. The van der Waals surface area contributed by atoms with Crippen LogP contribution in [0.15, 0.2) is 0 Å². The minimum Gasteiger partial charge on any atom is -0.453 e. The molecule has 1 N–H and O–H groups in total. The van der Waals surface area contributed by atoms with Crippen molar-refractivity contribution in [2.75, 3.05) is 33.0 Å². The second-order valence-electron chi connectivity index (χ2n) is 2.94. The molecule has 0 unspecified atom stereocenters. The molecule has 0 aliphatic heterocycles. The van der Waals surface area contributed by atoms with Crippen LogP contribution < -0.4 is 5.32 Å². The molecule has 0 saturated carbocycles. The smallest absolute Gasteiger partial charge is 0.406 e. The Morgan fingerprint density at radius 3 is 2.25 bits per heavy atom. The third kappa shape index (κ3) is 6.82. The lowest BCUT2D eigenvalue weighted by molar-refractivity contribution is 0.170. The Morgan fingerprint density at radius 2 is 1.81 bits per heavy atom. The van der Waals surface area contributed by atoms with Crippen LogP contribution in [0.25, 0.3) is 0 Å². The molecule has 0 aliphatic carbocycles. The summed E-state index contributed by atoms with van der Waals surface area (Å²) in [4.78, 5) is 10.7. The highest BCUT2D eigenvalue weighted by Crippen LogP contribution is 2.48. The molecule has 0 heterocycles. The van der Waals surface area contributed by atoms with Crippen LogP contribution in [0, 0.1) is 0 Å². The highest BCUT2D eigenvalue weighted by Gasteiger charge is 2.22. The number of rotatable bonds is 8. The van der Waals surface area contributed by atoms with E-state index in [2.05, 4.69) is 10.1 Å². The lowest BCUT2D eigenvalue weighted by atomic mass is 10.5. The number of carbonyl (C=O) groups excluding carboxylic acids is 1. The number of hydrogen-bond donors (Lipinski definition) is 1. The number of carbonyl (C=O) groups is 1. The number of nitrogens with one attached hydrogen (secondary N) is 1. The maximum absolute atomic E-state index is 11.9. The van der Waals surface area contributed by atoms with Gasteiger partial charge in [-0.05, 0) is 20.3 Å². The van der Waals surface area contributed by atoms with Crippen molar-refractivity contribution in [1.82, 2.24) is 5.32 Å². The van der Waals surface area contributed by atoms with Gasteiger partial charge in [0.25, 0.3) is 0 Å². The molecule has 6 nitrogen and oxygen atoms in total. The van der Waals surface area contributed by atoms with Gasteiger partial charge in [-0.3, -0.25) is 4.57 Å². The van der Waals surface area contributed by atoms with E-state index in [-0.39, 0.29) is 0 Å². The number of ether oxygens (including phenoxy) is 1. The molecule has 0 aromatic rings. The van der Waals surface area contributed by atoms with Gasteiger partial charge in [0.05, 0.1) is 26.5 Å². The first-order chi connectivity index (χ1) is 7.58. The molecular formula is C9H20NO5P. The van der Waals surface area contributed by atoms with Crippen LogP contribution in [0.4, 0.5) is 4.79 Å². The van der Waals surface area contributed by atoms with E-state index in [9.17, 15) is 9.36 Å². The fourth-order valence-corrected chi connectivity index (χ4v) is 2.76. The third-order valence-electron chi connectivity index (χ3n) is 1.72. The highest BCUT2D eigenvalue weighted by atomic mass is 31.2. The molecular weight excluding hydrogens is 233 g/mol. The van der Waals surface area contributed by atoms with Crippen molar-refractivity contribution in [1.29, 1.82) is 0 Å². The van der Waals surface area contributed by atoms with Crippen LogP contribution in [0.1, 0.15) is 20.3 Å². The molecule has 0 spiro atoms. The molecule has 96 valence electrons. The molecule has 0 rings (SSSR count). The van der Waals surface area contributed by atoms with Gasteiger partial charge in [-0.1, -0.05) is 0 Å². The summed E-state index contributed by atoms with van der Waals surface area (Å²) in [6.45, 7) is 4.61. The van der Waals surface area contributed by atoms with Crippen LogP contribution in [0.3, 0.4) is 0 Å². The van der Waals surface area contributed by atoms with Gasteiger partial charge in [-0.15, -0.1) is 0 Å². The summed E-state index contributed by atoms with van der Waals surface area (Å²) in [7, 11) is -1.69. The fraction of sp³-hybridized carbons (Fsp3) is 0.889. The molecule has 0 atom stereocenters. The predicted molar refractivity (Wildman–Crippen MR) is 60.8 cm³/mol. The van der Waals surface area contributed by atoms with E-state index in [0.717, 1.165) is 0 Å². The van der Waals surface area contributed by atoms with E-state index in [1.54, 1.807) is 13.8 Å². The van der Waals surface area contributed by atoms with E-state index < -0.39 is 13.7 Å². The zero-order valence-corrected chi connectivity index (χ0v) is 10.9. The topological polar surface area (TPSA) is 73.9 Å². The highest BCUT2D eigenvalue weighted by molar-refractivity contribution is 7.53. The van der Waals surface area contributed by atoms with Crippen molar-refractivity contribution < 1.29 is 23.1 Å². The molecule has 0 aromatic carbocycles. The molecule has 0 aromatic heterocycles. The maximum Gasteiger partial charge on any atom is 0.406 e. The normalized spacial score (nSPS) is 11.2. The van der Waals surface area contributed by atoms with Gasteiger partial charge >= 0.3 is 13.7 Å². The monoisotopic (exact) mass is 253 g/mol. The van der Waals surface area contributed by atoms with Gasteiger partial charge in [0.15, 0.2) is 0 Å². The van der Waals surface area contributed by atoms with E-state index in [0.29, 0.717) is 32.3 Å². The number of hydrogen-bond acceptors (Lipinski definition) is 5. The standard InChI is InChI=1S/C9H20NO5P/c1-4-14-16(12,15-5-2)8-6-7-10-9(11)13-3/h4-8H2,1-3H3,(H,10,11). The van der Waals surface area contributed by atoms with Crippen molar-refractivity contribution in [2.24, 2.45) is 0 Å². The van der Waals surface area contributed by atoms with Crippen LogP contribution in [0.2, 0.25) is 0 Å². The summed E-state index contributed by atoms with van der Waals surface area (Å²) in [6.07, 6.45) is 0.313. The summed E-state index contributed by atoms with van der Waals surface area (Å²) in [5.41, 5.74) is 0. The Kier molecular flexibility index (Phi) is 8.25. The van der Waals surface area contributed by atoms with Gasteiger partial charge in [0, 0.05) is 6.54 Å². The first-order valence-corrected chi connectivity index (χ1v) is 7.00. The van der Waals surface area contributed by atoms with E-state index >= 15 is 0 Å². The summed E-state index contributed by atoms with van der Waals surface area (Å²) >= 11 is 0. The van der Waals surface area contributed by atoms with Gasteiger partial charge in [0.2, 0.25) is 0 Å². The zero-order valence-electron chi connectivity index (χ0n) is 10.0. The van der Waals surface area contributed by atoms with Crippen LogP contribution in [-0.2, 0) is 18.3 Å². The Bertz CT molecular complexity index is 236. The van der Waals surface area contributed by atoms with E-state index in [4.69, 9.17) is 9.05 Å². The second kappa shape index (κ2) is 8.56. The Morgan fingerprint density at radius 1 is 1.25 bits per heavy atom. The van der Waals surface area contributed by atoms with Gasteiger partial charge in [-0.2, -0.15) is 0 Å². The molecule has 7 heteroatoms. The molecule has 16 heavy (non-hydrogen) atoms. The van der Waals surface area contributed by atoms with Crippen molar-refractivity contribution in [3.63, 3.8) is 0 Å². The minimum absolute atomic E-state index is 0.290. The molecule has 0 fully saturated rings. The lowest BCUT2D eigenvalue weighted by Crippen LogP contribution is -2.24. The summed E-state index contributed by atoms with van der Waals surface area (Å²) < 4.78 is 26.5. The molecule has 0 aliphatic rings. The fourth-order valence-electron chi connectivity index (χ4n) is 1.10. The van der Waals surface area contributed by atoms with E-state index in [1.165, 1.54) is 7.11 Å². The third-order valence-corrected chi connectivity index (χ3v) is 3.88. The first-order valence-electron chi connectivity index (χ1n) is 5.28. The zero-order chi connectivity index (χ0) is 12.4. The summed E-state index contributed by atoms with van der Waals surface area (Å²) in [5, 5.41) is 2.50. The number of methoxy groups -OCH3 is 1. The SMILES string of the molecule is CCOP(=O)(CCCNC(=O)OC)OCC. The Hall–Kier alpha value is -0.580. The van der Waals surface area contributed by atoms with Crippen LogP contribution in [-0.4, -0.2) is 39.1 Å². The van der Waals surface area contributed by atoms with E-state index in [1.807, 2.05) is 0 Å². The first kappa shape index (κ1) is 15.4. The maximum atomic E-state index is 11.9. The lowest BCUT2D eigenvalue weighted by Gasteiger charge is -2.16. The average molecular weight is 253 g/mol.